The van der Waals surface area contributed by atoms with Crippen LogP contribution in [0.1, 0.15) is 10.4 Å². The molecule has 1 fully saturated rings. The van der Waals surface area contributed by atoms with Gasteiger partial charge in [0.1, 0.15) is 5.75 Å². The topological polar surface area (TPSA) is 110 Å². The minimum atomic E-state index is -3.70. The summed E-state index contributed by atoms with van der Waals surface area (Å²) in [5.41, 5.74) is 0.299. The van der Waals surface area contributed by atoms with Crippen LogP contribution in [0.2, 0.25) is 0 Å². The molecule has 1 heterocycles. The number of benzene rings is 3. The van der Waals surface area contributed by atoms with E-state index in [0.717, 1.165) is 10.8 Å². The number of sulfonamides is 1. The van der Waals surface area contributed by atoms with Crippen LogP contribution in [0.15, 0.2) is 71.6 Å². The summed E-state index contributed by atoms with van der Waals surface area (Å²) in [6.07, 6.45) is 0.615. The van der Waals surface area contributed by atoms with Crippen molar-refractivity contribution in [2.24, 2.45) is 0 Å². The van der Waals surface area contributed by atoms with Crippen molar-refractivity contribution in [3.8, 4) is 5.75 Å². The number of carbonyl (C=O) groups is 3. The maximum atomic E-state index is 13.1. The van der Waals surface area contributed by atoms with Gasteiger partial charge in [-0.1, -0.05) is 42.5 Å². The van der Waals surface area contributed by atoms with E-state index in [0.29, 0.717) is 11.8 Å². The van der Waals surface area contributed by atoms with Crippen molar-refractivity contribution < 1.29 is 32.3 Å². The molecule has 1 saturated heterocycles. The Hall–Kier alpha value is -3.76. The zero-order valence-corrected chi connectivity index (χ0v) is 19.6. The summed E-state index contributed by atoms with van der Waals surface area (Å²) in [7, 11) is -3.70. The van der Waals surface area contributed by atoms with Gasteiger partial charge in [0.05, 0.1) is 10.5 Å². The number of piperazine rings is 1. The Morgan fingerprint density at radius 3 is 2.29 bits per heavy atom. The van der Waals surface area contributed by atoms with Gasteiger partial charge in [-0.15, -0.1) is 0 Å². The first-order chi connectivity index (χ1) is 16.9. The van der Waals surface area contributed by atoms with Gasteiger partial charge in [0.25, 0.3) is 5.91 Å². The number of para-hydroxylation sites is 1. The molecule has 0 radical (unpaired) electrons. The van der Waals surface area contributed by atoms with Crippen LogP contribution >= 0.6 is 0 Å². The normalized spacial score (nSPS) is 14.5. The van der Waals surface area contributed by atoms with E-state index in [1.54, 1.807) is 42.5 Å². The van der Waals surface area contributed by atoms with Crippen LogP contribution in [0, 0.1) is 0 Å². The first-order valence-electron chi connectivity index (χ1n) is 11.0. The van der Waals surface area contributed by atoms with Gasteiger partial charge in [-0.3, -0.25) is 9.59 Å². The molecule has 0 atom stereocenters. The van der Waals surface area contributed by atoms with Crippen LogP contribution in [0.3, 0.4) is 0 Å². The summed E-state index contributed by atoms with van der Waals surface area (Å²) in [5.74, 6) is -0.930. The van der Waals surface area contributed by atoms with Crippen molar-refractivity contribution in [2.75, 3.05) is 39.4 Å². The van der Waals surface area contributed by atoms with Gasteiger partial charge in [-0.05, 0) is 35.0 Å². The Morgan fingerprint density at radius 1 is 0.857 bits per heavy atom. The van der Waals surface area contributed by atoms with E-state index in [1.807, 2.05) is 24.3 Å². The molecule has 4 rings (SSSR count). The zero-order valence-electron chi connectivity index (χ0n) is 18.8. The van der Waals surface area contributed by atoms with Crippen LogP contribution < -0.4 is 4.74 Å². The number of ether oxygens (including phenoxy) is 2. The quantitative estimate of drug-likeness (QED) is 0.347. The fourth-order valence-corrected chi connectivity index (χ4v) is 5.23. The largest absolute Gasteiger partial charge is 0.481 e. The van der Waals surface area contributed by atoms with Gasteiger partial charge in [0.2, 0.25) is 10.0 Å². The lowest BCUT2D eigenvalue weighted by atomic mass is 10.1. The molecule has 10 heteroatoms. The predicted molar refractivity (Wildman–Crippen MR) is 128 cm³/mol. The lowest BCUT2D eigenvalue weighted by molar-refractivity contribution is -0.154. The number of amides is 1. The molecule has 0 aliphatic carbocycles. The molecule has 0 bridgehead atoms. The third-order valence-corrected chi connectivity index (χ3v) is 7.59. The molecule has 1 aliphatic rings. The standard InChI is InChI=1S/C25H24N2O7S/c28-16-21-7-3-4-8-23(21)33-18-25(30)34-17-24(29)26-11-13-27(14-12-26)35(31,32)22-10-9-19-5-1-2-6-20(19)15-22/h1-10,15-16H,11-14,17-18H2. The molecule has 1 amide bonds. The number of rotatable bonds is 8. The molecule has 0 N–H and O–H groups in total. The van der Waals surface area contributed by atoms with Crippen LogP contribution in [0.4, 0.5) is 0 Å². The molecule has 9 nitrogen and oxygen atoms in total. The third-order valence-electron chi connectivity index (χ3n) is 5.70. The van der Waals surface area contributed by atoms with Crippen molar-refractivity contribution in [1.82, 2.24) is 9.21 Å². The van der Waals surface area contributed by atoms with Crippen molar-refractivity contribution in [2.45, 2.75) is 4.90 Å². The zero-order chi connectivity index (χ0) is 24.8. The first kappa shape index (κ1) is 24.4. The van der Waals surface area contributed by atoms with Gasteiger partial charge in [0.15, 0.2) is 19.5 Å². The number of esters is 1. The third kappa shape index (κ3) is 5.67. The Morgan fingerprint density at radius 2 is 1.54 bits per heavy atom. The average molecular weight is 497 g/mol. The van der Waals surface area contributed by atoms with E-state index in [2.05, 4.69) is 0 Å². The van der Waals surface area contributed by atoms with E-state index < -0.39 is 35.1 Å². The summed E-state index contributed by atoms with van der Waals surface area (Å²) in [6.45, 7) is -0.273. The highest BCUT2D eigenvalue weighted by Crippen LogP contribution is 2.23. The van der Waals surface area contributed by atoms with Crippen molar-refractivity contribution in [3.05, 3.63) is 72.3 Å². The van der Waals surface area contributed by atoms with E-state index in [-0.39, 0.29) is 36.8 Å². The monoisotopic (exact) mass is 496 g/mol. The molecule has 182 valence electrons. The van der Waals surface area contributed by atoms with Crippen molar-refractivity contribution >= 4 is 39.0 Å². The number of fused-ring (bicyclic) bond motifs is 1. The maximum Gasteiger partial charge on any atom is 0.344 e. The number of carbonyl (C=O) groups excluding carboxylic acids is 3. The second kappa shape index (κ2) is 10.7. The van der Waals surface area contributed by atoms with Crippen LogP contribution in [-0.4, -0.2) is 75.2 Å². The number of hydrogen-bond donors (Lipinski definition) is 0. The van der Waals surface area contributed by atoms with Gasteiger partial charge < -0.3 is 14.4 Å². The van der Waals surface area contributed by atoms with Gasteiger partial charge in [-0.25, -0.2) is 13.2 Å². The van der Waals surface area contributed by atoms with Crippen LogP contribution in [0.25, 0.3) is 10.8 Å². The molecular formula is C25H24N2O7S. The van der Waals surface area contributed by atoms with Gasteiger partial charge in [-0.2, -0.15) is 4.31 Å². The summed E-state index contributed by atoms with van der Waals surface area (Å²) < 4.78 is 37.8. The highest BCUT2D eigenvalue weighted by Gasteiger charge is 2.30. The molecule has 0 unspecified atom stereocenters. The minimum Gasteiger partial charge on any atom is -0.481 e. The lowest BCUT2D eigenvalue weighted by Crippen LogP contribution is -2.51. The number of nitrogens with zero attached hydrogens (tertiary/aromatic N) is 2. The smallest absolute Gasteiger partial charge is 0.344 e. The van der Waals surface area contributed by atoms with Crippen LogP contribution in [-0.2, 0) is 24.3 Å². The molecule has 3 aromatic carbocycles. The molecule has 0 aromatic heterocycles. The summed E-state index contributed by atoms with van der Waals surface area (Å²) in [5, 5.41) is 1.79. The molecule has 35 heavy (non-hydrogen) atoms. The van der Waals surface area contributed by atoms with Gasteiger partial charge >= 0.3 is 5.97 Å². The highest BCUT2D eigenvalue weighted by atomic mass is 32.2. The Kier molecular flexibility index (Phi) is 7.42. The van der Waals surface area contributed by atoms with E-state index in [1.165, 1.54) is 9.21 Å². The fraction of sp³-hybridized carbons (Fsp3) is 0.240. The summed E-state index contributed by atoms with van der Waals surface area (Å²) >= 11 is 0. The second-order valence-electron chi connectivity index (χ2n) is 7.90. The average Bonchev–Trinajstić information content (AvgIpc) is 2.90. The minimum absolute atomic E-state index is 0.139. The molecule has 3 aromatic rings. The summed E-state index contributed by atoms with van der Waals surface area (Å²) in [4.78, 5) is 37.0. The fourth-order valence-electron chi connectivity index (χ4n) is 3.78. The van der Waals surface area contributed by atoms with Gasteiger partial charge in [0, 0.05) is 26.2 Å². The second-order valence-corrected chi connectivity index (χ2v) is 9.84. The number of aldehydes is 1. The predicted octanol–water partition coefficient (Wildman–Crippen LogP) is 2.11. The summed E-state index contributed by atoms with van der Waals surface area (Å²) in [6, 6.07) is 19.0. The SMILES string of the molecule is O=Cc1ccccc1OCC(=O)OCC(=O)N1CCN(S(=O)(=O)c2ccc3ccccc3c2)CC1. The van der Waals surface area contributed by atoms with Crippen molar-refractivity contribution in [1.29, 1.82) is 0 Å². The maximum absolute atomic E-state index is 13.1. The Balaban J connectivity index is 1.26. The highest BCUT2D eigenvalue weighted by molar-refractivity contribution is 7.89. The molecule has 1 aliphatic heterocycles. The molecular weight excluding hydrogens is 472 g/mol. The van der Waals surface area contributed by atoms with Crippen molar-refractivity contribution in [3.63, 3.8) is 0 Å². The molecule has 0 saturated carbocycles. The van der Waals surface area contributed by atoms with E-state index >= 15 is 0 Å². The number of hydrogen-bond acceptors (Lipinski definition) is 7. The Bertz CT molecular complexity index is 1350. The molecule has 0 spiro atoms. The Labute approximate surface area is 202 Å². The van der Waals surface area contributed by atoms with E-state index in [4.69, 9.17) is 9.47 Å². The lowest BCUT2D eigenvalue weighted by Gasteiger charge is -2.33. The van der Waals surface area contributed by atoms with Crippen LogP contribution in [0.5, 0.6) is 5.75 Å². The first-order valence-corrected chi connectivity index (χ1v) is 12.4. The van der Waals surface area contributed by atoms with E-state index in [9.17, 15) is 22.8 Å².